The maximum absolute atomic E-state index is 4.57. The summed E-state index contributed by atoms with van der Waals surface area (Å²) in [5.74, 6) is 0. The Morgan fingerprint density at radius 3 is 2.70 bits per heavy atom. The summed E-state index contributed by atoms with van der Waals surface area (Å²) in [6.07, 6.45) is 17.6. The first-order chi connectivity index (χ1) is 16.2. The average Bonchev–Trinajstić information content (AvgIpc) is 3.44. The van der Waals surface area contributed by atoms with Crippen LogP contribution in [0.1, 0.15) is 36.4 Å². The fourth-order valence-corrected chi connectivity index (χ4v) is 3.79. The molecule has 0 saturated heterocycles. The first-order valence-corrected chi connectivity index (χ1v) is 10.9. The number of pyridine rings is 2. The van der Waals surface area contributed by atoms with Gasteiger partial charge in [-0.2, -0.15) is 5.10 Å². The Kier molecular flexibility index (Phi) is 6.60. The Labute approximate surface area is 194 Å². The van der Waals surface area contributed by atoms with Gasteiger partial charge in [0, 0.05) is 40.2 Å². The van der Waals surface area contributed by atoms with Gasteiger partial charge in [-0.25, -0.2) is 4.98 Å². The lowest BCUT2D eigenvalue weighted by Gasteiger charge is -2.05. The van der Waals surface area contributed by atoms with Crippen molar-refractivity contribution in [3.63, 3.8) is 0 Å². The molecule has 0 unspecified atom stereocenters. The average molecular weight is 434 g/mol. The van der Waals surface area contributed by atoms with Crippen molar-refractivity contribution in [2.45, 2.75) is 20.8 Å². The predicted octanol–water partition coefficient (Wildman–Crippen LogP) is 6.81. The molecule has 4 rings (SSSR count). The number of allylic oxidation sites excluding steroid dienone is 8. The van der Waals surface area contributed by atoms with Gasteiger partial charge in [0.15, 0.2) is 5.65 Å². The highest BCUT2D eigenvalue weighted by Gasteiger charge is 2.17. The number of aromatic nitrogens is 5. The van der Waals surface area contributed by atoms with Crippen LogP contribution in [-0.4, -0.2) is 25.1 Å². The van der Waals surface area contributed by atoms with E-state index in [1.807, 2.05) is 68.7 Å². The molecule has 4 heterocycles. The van der Waals surface area contributed by atoms with E-state index in [1.165, 1.54) is 0 Å². The Balaban J connectivity index is 1.82. The van der Waals surface area contributed by atoms with Crippen LogP contribution >= 0.6 is 0 Å². The number of fused-ring (bicyclic) bond motifs is 1. The zero-order chi connectivity index (χ0) is 23.2. The van der Waals surface area contributed by atoms with Crippen molar-refractivity contribution in [2.24, 2.45) is 0 Å². The number of hydrogen-bond acceptors (Lipinski definition) is 3. The molecule has 33 heavy (non-hydrogen) atoms. The van der Waals surface area contributed by atoms with Crippen LogP contribution in [0.2, 0.25) is 0 Å². The summed E-state index contributed by atoms with van der Waals surface area (Å²) in [5, 5.41) is 8.56. The molecule has 2 N–H and O–H groups in total. The minimum Gasteiger partial charge on any atom is -0.357 e. The molecule has 0 spiro atoms. The second-order valence-electron chi connectivity index (χ2n) is 7.58. The van der Waals surface area contributed by atoms with Crippen molar-refractivity contribution in [3.8, 4) is 11.4 Å². The molecular formula is C28H27N5. The van der Waals surface area contributed by atoms with Gasteiger partial charge in [0.1, 0.15) is 0 Å². The number of nitrogens with zero attached hydrogens (tertiary/aromatic N) is 3. The van der Waals surface area contributed by atoms with E-state index in [4.69, 9.17) is 0 Å². The number of nitrogens with one attached hydrogen (secondary N) is 2. The van der Waals surface area contributed by atoms with E-state index in [0.717, 1.165) is 50.4 Å². The van der Waals surface area contributed by atoms with E-state index in [0.29, 0.717) is 5.65 Å². The molecule has 0 aliphatic carbocycles. The molecule has 0 atom stereocenters. The van der Waals surface area contributed by atoms with Gasteiger partial charge in [-0.3, -0.25) is 10.1 Å². The van der Waals surface area contributed by atoms with Crippen LogP contribution in [0.4, 0.5) is 0 Å². The largest absolute Gasteiger partial charge is 0.357 e. The Morgan fingerprint density at radius 1 is 1.09 bits per heavy atom. The quantitative estimate of drug-likeness (QED) is 0.315. The number of hydrogen-bond donors (Lipinski definition) is 2. The highest BCUT2D eigenvalue weighted by atomic mass is 15.2. The number of aromatic amines is 2. The van der Waals surface area contributed by atoms with Crippen LogP contribution in [0.25, 0.3) is 33.6 Å². The molecule has 5 nitrogen and oxygen atoms in total. The number of rotatable bonds is 7. The normalized spacial score (nSPS) is 12.9. The van der Waals surface area contributed by atoms with Crippen LogP contribution in [-0.2, 0) is 0 Å². The maximum Gasteiger partial charge on any atom is 0.181 e. The molecular weight excluding hydrogens is 406 g/mol. The first-order valence-electron chi connectivity index (χ1n) is 10.9. The van der Waals surface area contributed by atoms with Crippen LogP contribution in [0.3, 0.4) is 0 Å². The molecule has 0 aromatic carbocycles. The van der Waals surface area contributed by atoms with Crippen molar-refractivity contribution in [1.82, 2.24) is 25.1 Å². The smallest absolute Gasteiger partial charge is 0.181 e. The lowest BCUT2D eigenvalue weighted by Crippen LogP contribution is -1.91. The van der Waals surface area contributed by atoms with Crippen LogP contribution in [0.5, 0.6) is 0 Å². The maximum atomic E-state index is 4.57. The SMILES string of the molecule is C=C/C=C\C(=C/C)c1cnc2n[nH]c(-c3cc(/C(=C\C=C/C)c4ccccn4)c(C)[nH]3)c2c1. The van der Waals surface area contributed by atoms with E-state index in [1.54, 1.807) is 6.08 Å². The lowest BCUT2D eigenvalue weighted by molar-refractivity contribution is 1.09. The summed E-state index contributed by atoms with van der Waals surface area (Å²) >= 11 is 0. The highest BCUT2D eigenvalue weighted by molar-refractivity contribution is 5.94. The van der Waals surface area contributed by atoms with E-state index >= 15 is 0 Å². The molecule has 164 valence electrons. The topological polar surface area (TPSA) is 70.2 Å². The molecule has 0 amide bonds. The summed E-state index contributed by atoms with van der Waals surface area (Å²) in [7, 11) is 0. The molecule has 5 heteroatoms. The van der Waals surface area contributed by atoms with Gasteiger partial charge in [-0.1, -0.05) is 55.2 Å². The summed E-state index contributed by atoms with van der Waals surface area (Å²) in [6.45, 7) is 9.85. The fourth-order valence-electron chi connectivity index (χ4n) is 3.79. The third-order valence-electron chi connectivity index (χ3n) is 5.44. The zero-order valence-electron chi connectivity index (χ0n) is 19.1. The molecule has 0 radical (unpaired) electrons. The van der Waals surface area contributed by atoms with Gasteiger partial charge >= 0.3 is 0 Å². The molecule has 0 bridgehead atoms. The second-order valence-corrected chi connectivity index (χ2v) is 7.58. The van der Waals surface area contributed by atoms with Crippen LogP contribution in [0, 0.1) is 6.92 Å². The number of H-pyrrole nitrogens is 2. The van der Waals surface area contributed by atoms with Gasteiger partial charge in [-0.05, 0) is 50.6 Å². The Bertz CT molecular complexity index is 1390. The second kappa shape index (κ2) is 9.92. The van der Waals surface area contributed by atoms with Gasteiger partial charge in [0.25, 0.3) is 0 Å². The zero-order valence-corrected chi connectivity index (χ0v) is 19.1. The standard InChI is InChI=1S/C28H27N5/c1-5-8-12-20(7-3)21-16-24-27(32-33-28(24)30-18-21)26-17-23(19(4)31-26)22(13-9-6-2)25-14-10-11-15-29-25/h5-18,31H,1H2,2-4H3,(H,30,32,33)/b9-6-,12-8-,20-7+,22-13+. The van der Waals surface area contributed by atoms with Crippen molar-refractivity contribution in [1.29, 1.82) is 0 Å². The third-order valence-corrected chi connectivity index (χ3v) is 5.44. The van der Waals surface area contributed by atoms with Crippen molar-refractivity contribution >= 4 is 22.2 Å². The molecule has 4 aromatic heterocycles. The van der Waals surface area contributed by atoms with E-state index in [2.05, 4.69) is 62.9 Å². The summed E-state index contributed by atoms with van der Waals surface area (Å²) in [6, 6.07) is 10.2. The Morgan fingerprint density at radius 2 is 1.97 bits per heavy atom. The first kappa shape index (κ1) is 22.0. The Hall–Kier alpha value is -4.25. The lowest BCUT2D eigenvalue weighted by atomic mass is 10.0. The van der Waals surface area contributed by atoms with Gasteiger partial charge in [0.2, 0.25) is 0 Å². The minimum atomic E-state index is 0.681. The van der Waals surface area contributed by atoms with Gasteiger partial charge in [-0.15, -0.1) is 0 Å². The van der Waals surface area contributed by atoms with E-state index in [9.17, 15) is 0 Å². The van der Waals surface area contributed by atoms with E-state index < -0.39 is 0 Å². The minimum absolute atomic E-state index is 0.681. The van der Waals surface area contributed by atoms with E-state index in [-0.39, 0.29) is 0 Å². The third kappa shape index (κ3) is 4.53. The summed E-state index contributed by atoms with van der Waals surface area (Å²) in [5.41, 5.74) is 8.77. The summed E-state index contributed by atoms with van der Waals surface area (Å²) < 4.78 is 0. The van der Waals surface area contributed by atoms with Crippen molar-refractivity contribution in [2.75, 3.05) is 0 Å². The highest BCUT2D eigenvalue weighted by Crippen LogP contribution is 2.32. The number of aryl methyl sites for hydroxylation is 1. The molecule has 0 fully saturated rings. The molecule has 0 aliphatic rings. The van der Waals surface area contributed by atoms with Crippen LogP contribution < -0.4 is 0 Å². The summed E-state index contributed by atoms with van der Waals surface area (Å²) in [4.78, 5) is 12.7. The van der Waals surface area contributed by atoms with Gasteiger partial charge < -0.3 is 4.98 Å². The molecule has 0 saturated carbocycles. The fraction of sp³-hybridized carbons (Fsp3) is 0.107. The molecule has 4 aromatic rings. The predicted molar refractivity (Wildman–Crippen MR) is 138 cm³/mol. The van der Waals surface area contributed by atoms with Crippen molar-refractivity contribution < 1.29 is 0 Å². The van der Waals surface area contributed by atoms with Crippen molar-refractivity contribution in [3.05, 3.63) is 114 Å². The van der Waals surface area contributed by atoms with Crippen LogP contribution in [0.15, 0.2) is 91.8 Å². The van der Waals surface area contributed by atoms with Gasteiger partial charge in [0.05, 0.1) is 17.1 Å². The molecule has 0 aliphatic heterocycles. The monoisotopic (exact) mass is 433 g/mol.